The molecule has 81 valence electrons. The standard InChI is InChI=1S/C11H20O2.Gd/c1-10(2,3)8(12)7-9(13)11(4,5)6;/h7,12H,1-6H3;/q;+3/p-1/b8-7-;. The molecule has 0 atom stereocenters. The average Bonchev–Trinajstić information content (AvgIpc) is 1.82. The minimum Gasteiger partial charge on any atom is -0.875 e. The van der Waals surface area contributed by atoms with Crippen molar-refractivity contribution < 1.29 is 49.8 Å². The van der Waals surface area contributed by atoms with Crippen LogP contribution >= 0.6 is 0 Å². The van der Waals surface area contributed by atoms with Crippen molar-refractivity contribution in [3.63, 3.8) is 0 Å². The predicted octanol–water partition coefficient (Wildman–Crippen LogP) is 1.89. The van der Waals surface area contributed by atoms with Crippen LogP contribution in [-0.4, -0.2) is 5.78 Å². The van der Waals surface area contributed by atoms with E-state index in [9.17, 15) is 9.90 Å². The van der Waals surface area contributed by atoms with Gasteiger partial charge in [0.1, 0.15) is 0 Å². The first kappa shape index (κ1) is 16.9. The molecule has 0 fully saturated rings. The van der Waals surface area contributed by atoms with Crippen LogP contribution in [0.2, 0.25) is 0 Å². The second kappa shape index (κ2) is 5.57. The maximum Gasteiger partial charge on any atom is 3.00 e. The molecular formula is C11H19GdO2+2. The molecule has 0 aromatic heterocycles. The largest absolute Gasteiger partial charge is 3.00 e. The Bertz CT molecular complexity index is 229. The van der Waals surface area contributed by atoms with Gasteiger partial charge >= 0.3 is 39.9 Å². The zero-order valence-corrected chi connectivity index (χ0v) is 12.0. The minimum atomic E-state index is -0.457. The molecule has 0 rings (SSSR count). The molecule has 0 unspecified atom stereocenters. The summed E-state index contributed by atoms with van der Waals surface area (Å²) in [7, 11) is 0. The van der Waals surface area contributed by atoms with Crippen LogP contribution in [0.3, 0.4) is 0 Å². The first-order valence-corrected chi connectivity index (χ1v) is 4.49. The Kier molecular flexibility index (Phi) is 6.75. The molecule has 0 bridgehead atoms. The molecule has 0 aromatic rings. The summed E-state index contributed by atoms with van der Waals surface area (Å²) in [5.74, 6) is -0.208. The SMILES string of the molecule is CC(C)(C)C(=O)/C=C(\[O-])C(C)(C)C.[Gd+3]. The summed E-state index contributed by atoms with van der Waals surface area (Å²) in [4.78, 5) is 11.4. The second-order valence-corrected chi connectivity index (χ2v) is 5.37. The van der Waals surface area contributed by atoms with Crippen molar-refractivity contribution in [2.24, 2.45) is 10.8 Å². The van der Waals surface area contributed by atoms with Crippen molar-refractivity contribution in [1.82, 2.24) is 0 Å². The van der Waals surface area contributed by atoms with Gasteiger partial charge in [-0.3, -0.25) is 4.79 Å². The first-order valence-electron chi connectivity index (χ1n) is 4.49. The number of carbonyl (C=O) groups is 1. The van der Waals surface area contributed by atoms with Gasteiger partial charge in [-0.25, -0.2) is 0 Å². The molecule has 0 spiro atoms. The zero-order valence-electron chi connectivity index (χ0n) is 9.75. The average molecular weight is 341 g/mol. The number of ketones is 1. The third-order valence-electron chi connectivity index (χ3n) is 1.74. The summed E-state index contributed by atoms with van der Waals surface area (Å²) >= 11 is 0. The normalized spacial score (nSPS) is 13.4. The van der Waals surface area contributed by atoms with E-state index in [1.54, 1.807) is 0 Å². The van der Waals surface area contributed by atoms with Crippen LogP contribution in [0.25, 0.3) is 0 Å². The van der Waals surface area contributed by atoms with Gasteiger partial charge in [-0.15, -0.1) is 5.76 Å². The Balaban J connectivity index is 0. The van der Waals surface area contributed by atoms with E-state index in [2.05, 4.69) is 0 Å². The summed E-state index contributed by atoms with van der Waals surface area (Å²) < 4.78 is 0. The van der Waals surface area contributed by atoms with Crippen LogP contribution < -0.4 is 5.11 Å². The van der Waals surface area contributed by atoms with Crippen molar-refractivity contribution in [3.05, 3.63) is 11.8 Å². The molecule has 1 radical (unpaired) electrons. The number of rotatable bonds is 1. The summed E-state index contributed by atoms with van der Waals surface area (Å²) in [6.07, 6.45) is 1.22. The molecule has 0 heterocycles. The van der Waals surface area contributed by atoms with Crippen LogP contribution in [0, 0.1) is 50.8 Å². The zero-order chi connectivity index (χ0) is 10.9. The number of hydrogen-bond donors (Lipinski definition) is 0. The maximum atomic E-state index is 11.4. The molecular weight excluding hydrogens is 321 g/mol. The summed E-state index contributed by atoms with van der Waals surface area (Å²) in [6.45, 7) is 10.8. The van der Waals surface area contributed by atoms with E-state index in [1.807, 2.05) is 41.5 Å². The van der Waals surface area contributed by atoms with E-state index in [4.69, 9.17) is 0 Å². The third-order valence-corrected chi connectivity index (χ3v) is 1.74. The van der Waals surface area contributed by atoms with Crippen LogP contribution in [0.1, 0.15) is 41.5 Å². The molecule has 0 aromatic carbocycles. The van der Waals surface area contributed by atoms with E-state index < -0.39 is 10.8 Å². The number of hydrogen-bond acceptors (Lipinski definition) is 2. The van der Waals surface area contributed by atoms with E-state index >= 15 is 0 Å². The van der Waals surface area contributed by atoms with Gasteiger partial charge in [-0.05, 0) is 11.5 Å². The molecule has 0 aliphatic rings. The molecule has 0 saturated heterocycles. The summed E-state index contributed by atoms with van der Waals surface area (Å²) in [5.41, 5.74) is -0.915. The van der Waals surface area contributed by atoms with Crippen LogP contribution in [0.15, 0.2) is 11.8 Å². The Morgan fingerprint density at radius 3 is 1.57 bits per heavy atom. The van der Waals surface area contributed by atoms with Crippen molar-refractivity contribution in [2.75, 3.05) is 0 Å². The minimum absolute atomic E-state index is 0. The van der Waals surface area contributed by atoms with Gasteiger partial charge in [-0.1, -0.05) is 41.5 Å². The monoisotopic (exact) mass is 341 g/mol. The molecule has 2 nitrogen and oxygen atoms in total. The third kappa shape index (κ3) is 6.10. The van der Waals surface area contributed by atoms with Crippen LogP contribution in [0.4, 0.5) is 0 Å². The Morgan fingerprint density at radius 2 is 1.36 bits per heavy atom. The number of carbonyl (C=O) groups excluding carboxylic acids is 1. The smallest absolute Gasteiger partial charge is 0.875 e. The molecule has 3 heteroatoms. The molecule has 0 N–H and O–H groups in total. The first-order chi connectivity index (χ1) is 5.55. The van der Waals surface area contributed by atoms with Gasteiger partial charge in [0.15, 0.2) is 5.78 Å². The second-order valence-electron chi connectivity index (χ2n) is 5.37. The van der Waals surface area contributed by atoms with Crippen LogP contribution in [0.5, 0.6) is 0 Å². The molecule has 0 amide bonds. The van der Waals surface area contributed by atoms with Crippen molar-refractivity contribution in [2.45, 2.75) is 41.5 Å². The summed E-state index contributed by atoms with van der Waals surface area (Å²) in [5, 5.41) is 11.4. The van der Waals surface area contributed by atoms with Crippen molar-refractivity contribution in [3.8, 4) is 0 Å². The van der Waals surface area contributed by atoms with Gasteiger partial charge in [0.25, 0.3) is 0 Å². The quantitative estimate of drug-likeness (QED) is 0.540. The van der Waals surface area contributed by atoms with Crippen molar-refractivity contribution >= 4 is 5.78 Å². The van der Waals surface area contributed by atoms with E-state index in [1.165, 1.54) is 6.08 Å². The van der Waals surface area contributed by atoms with Gasteiger partial charge in [0.05, 0.1) is 0 Å². The van der Waals surface area contributed by atoms with Gasteiger partial charge in [0.2, 0.25) is 0 Å². The van der Waals surface area contributed by atoms with Gasteiger partial charge in [0, 0.05) is 5.41 Å². The molecule has 0 aliphatic carbocycles. The summed E-state index contributed by atoms with van der Waals surface area (Å²) in [6, 6.07) is 0. The fourth-order valence-electron chi connectivity index (χ4n) is 0.552. The topological polar surface area (TPSA) is 40.1 Å². The Labute approximate surface area is 119 Å². The van der Waals surface area contributed by atoms with Crippen LogP contribution in [-0.2, 0) is 4.79 Å². The molecule has 14 heavy (non-hydrogen) atoms. The Morgan fingerprint density at radius 1 is 1.00 bits per heavy atom. The van der Waals surface area contributed by atoms with Gasteiger partial charge < -0.3 is 5.11 Å². The fourth-order valence-corrected chi connectivity index (χ4v) is 0.552. The van der Waals surface area contributed by atoms with Crippen molar-refractivity contribution in [1.29, 1.82) is 0 Å². The van der Waals surface area contributed by atoms with Gasteiger partial charge in [-0.2, -0.15) is 0 Å². The molecule has 0 aliphatic heterocycles. The molecule has 0 saturated carbocycles. The van der Waals surface area contributed by atoms with E-state index in [0.717, 1.165) is 0 Å². The predicted molar refractivity (Wildman–Crippen MR) is 52.0 cm³/mol. The number of allylic oxidation sites excluding steroid dienone is 2. The van der Waals surface area contributed by atoms with E-state index in [0.29, 0.717) is 0 Å². The van der Waals surface area contributed by atoms with E-state index in [-0.39, 0.29) is 51.5 Å². The maximum absolute atomic E-state index is 11.4. The fraction of sp³-hybridized carbons (Fsp3) is 0.727. The Hall–Kier alpha value is 0.535.